The molecule has 0 radical (unpaired) electrons. The summed E-state index contributed by atoms with van der Waals surface area (Å²) in [6.07, 6.45) is 2.11. The van der Waals surface area contributed by atoms with E-state index in [0.29, 0.717) is 0 Å². The molecule has 1 aromatic carbocycles. The van der Waals surface area contributed by atoms with Gasteiger partial charge in [-0.15, -0.1) is 0 Å². The Morgan fingerprint density at radius 3 is 2.47 bits per heavy atom. The standard InChI is InChI=1S/C13H16N2/c1-12(2,13(15)7-8-13)11-6-4-3-5-10(11)9-14/h3-6H,7-8,15H2,1-2H3. The highest BCUT2D eigenvalue weighted by Crippen LogP contribution is 2.49. The molecule has 0 amide bonds. The Morgan fingerprint density at radius 2 is 1.93 bits per heavy atom. The van der Waals surface area contributed by atoms with Crippen molar-refractivity contribution in [2.24, 2.45) is 5.73 Å². The van der Waals surface area contributed by atoms with E-state index < -0.39 is 0 Å². The van der Waals surface area contributed by atoms with E-state index >= 15 is 0 Å². The van der Waals surface area contributed by atoms with Crippen LogP contribution in [0.4, 0.5) is 0 Å². The van der Waals surface area contributed by atoms with Crippen LogP contribution in [0, 0.1) is 11.3 Å². The van der Waals surface area contributed by atoms with Crippen LogP contribution in [0.15, 0.2) is 24.3 Å². The molecule has 2 nitrogen and oxygen atoms in total. The van der Waals surface area contributed by atoms with E-state index in [1.165, 1.54) is 0 Å². The average molecular weight is 200 g/mol. The summed E-state index contributed by atoms with van der Waals surface area (Å²) >= 11 is 0. The van der Waals surface area contributed by atoms with Gasteiger partial charge in [0.2, 0.25) is 0 Å². The third kappa shape index (κ3) is 1.44. The first kappa shape index (κ1) is 10.2. The first-order chi connectivity index (χ1) is 7.01. The van der Waals surface area contributed by atoms with E-state index in [4.69, 9.17) is 11.0 Å². The van der Waals surface area contributed by atoms with Crippen LogP contribution in [0.1, 0.15) is 37.8 Å². The van der Waals surface area contributed by atoms with Crippen molar-refractivity contribution in [1.82, 2.24) is 0 Å². The van der Waals surface area contributed by atoms with Gasteiger partial charge < -0.3 is 5.73 Å². The lowest BCUT2D eigenvalue weighted by Crippen LogP contribution is -2.43. The van der Waals surface area contributed by atoms with Crippen LogP contribution < -0.4 is 5.73 Å². The Hall–Kier alpha value is -1.33. The molecule has 15 heavy (non-hydrogen) atoms. The summed E-state index contributed by atoms with van der Waals surface area (Å²) in [5.74, 6) is 0. The van der Waals surface area contributed by atoms with Gasteiger partial charge in [0.1, 0.15) is 0 Å². The second-order valence-electron chi connectivity index (χ2n) is 4.94. The highest BCUT2D eigenvalue weighted by atomic mass is 14.9. The Balaban J connectivity index is 2.50. The van der Waals surface area contributed by atoms with Gasteiger partial charge in [0.05, 0.1) is 11.6 Å². The fraction of sp³-hybridized carbons (Fsp3) is 0.462. The van der Waals surface area contributed by atoms with Crippen LogP contribution in [0.25, 0.3) is 0 Å². The summed E-state index contributed by atoms with van der Waals surface area (Å²) in [4.78, 5) is 0. The molecule has 1 aliphatic carbocycles. The number of hydrogen-bond acceptors (Lipinski definition) is 2. The molecule has 2 rings (SSSR count). The molecule has 0 aliphatic heterocycles. The van der Waals surface area contributed by atoms with Crippen molar-refractivity contribution in [3.8, 4) is 6.07 Å². The monoisotopic (exact) mass is 200 g/mol. The number of nitrogens with two attached hydrogens (primary N) is 1. The minimum absolute atomic E-state index is 0.111. The molecule has 2 N–H and O–H groups in total. The van der Waals surface area contributed by atoms with Gasteiger partial charge in [-0.3, -0.25) is 0 Å². The topological polar surface area (TPSA) is 49.8 Å². The second kappa shape index (κ2) is 3.08. The van der Waals surface area contributed by atoms with Crippen LogP contribution in [-0.4, -0.2) is 5.54 Å². The summed E-state index contributed by atoms with van der Waals surface area (Å²) in [5, 5.41) is 9.08. The minimum Gasteiger partial charge on any atom is -0.324 e. The van der Waals surface area contributed by atoms with Crippen molar-refractivity contribution in [2.75, 3.05) is 0 Å². The summed E-state index contributed by atoms with van der Waals surface area (Å²) in [6, 6.07) is 10.0. The van der Waals surface area contributed by atoms with E-state index in [9.17, 15) is 0 Å². The molecule has 0 unspecified atom stereocenters. The smallest absolute Gasteiger partial charge is 0.0994 e. The summed E-state index contributed by atoms with van der Waals surface area (Å²) in [6.45, 7) is 4.27. The van der Waals surface area contributed by atoms with E-state index in [2.05, 4.69) is 19.9 Å². The molecule has 0 saturated heterocycles. The Kier molecular flexibility index (Phi) is 2.09. The van der Waals surface area contributed by atoms with Crippen LogP contribution in [0.3, 0.4) is 0 Å². The van der Waals surface area contributed by atoms with E-state index in [-0.39, 0.29) is 11.0 Å². The molecule has 1 saturated carbocycles. The van der Waals surface area contributed by atoms with Crippen LogP contribution in [0.5, 0.6) is 0 Å². The first-order valence-corrected chi connectivity index (χ1v) is 5.30. The maximum Gasteiger partial charge on any atom is 0.0994 e. The zero-order valence-corrected chi connectivity index (χ0v) is 9.25. The third-order valence-electron chi connectivity index (χ3n) is 3.75. The van der Waals surface area contributed by atoms with Crippen molar-refractivity contribution in [3.63, 3.8) is 0 Å². The predicted molar refractivity (Wildman–Crippen MR) is 60.3 cm³/mol. The normalized spacial score (nSPS) is 18.3. The molecule has 1 aromatic rings. The van der Waals surface area contributed by atoms with Gasteiger partial charge in [0.15, 0.2) is 0 Å². The maximum atomic E-state index is 9.08. The quantitative estimate of drug-likeness (QED) is 0.796. The van der Waals surface area contributed by atoms with Crippen molar-refractivity contribution < 1.29 is 0 Å². The Labute approximate surface area is 90.7 Å². The lowest BCUT2D eigenvalue weighted by atomic mass is 9.74. The highest BCUT2D eigenvalue weighted by molar-refractivity contribution is 5.45. The van der Waals surface area contributed by atoms with Gasteiger partial charge in [0.25, 0.3) is 0 Å². The summed E-state index contributed by atoms with van der Waals surface area (Å²) < 4.78 is 0. The highest BCUT2D eigenvalue weighted by Gasteiger charge is 2.52. The minimum atomic E-state index is -0.112. The number of rotatable bonds is 2. The summed E-state index contributed by atoms with van der Waals surface area (Å²) in [5.41, 5.74) is 7.87. The molecule has 1 aliphatic rings. The largest absolute Gasteiger partial charge is 0.324 e. The van der Waals surface area contributed by atoms with Gasteiger partial charge >= 0.3 is 0 Å². The molecular formula is C13H16N2. The fourth-order valence-corrected chi connectivity index (χ4v) is 2.15. The van der Waals surface area contributed by atoms with Gasteiger partial charge in [0, 0.05) is 11.0 Å². The zero-order chi connectivity index (χ0) is 11.1. The van der Waals surface area contributed by atoms with Crippen LogP contribution >= 0.6 is 0 Å². The SMILES string of the molecule is CC(C)(c1ccccc1C#N)C1(N)CC1. The first-order valence-electron chi connectivity index (χ1n) is 5.30. The lowest BCUT2D eigenvalue weighted by molar-refractivity contribution is 0.390. The number of nitrogens with zero attached hydrogens (tertiary/aromatic N) is 1. The third-order valence-corrected chi connectivity index (χ3v) is 3.75. The molecule has 78 valence electrons. The summed E-state index contributed by atoms with van der Waals surface area (Å²) in [7, 11) is 0. The van der Waals surface area contributed by atoms with Gasteiger partial charge in [-0.25, -0.2) is 0 Å². The zero-order valence-electron chi connectivity index (χ0n) is 9.25. The number of nitriles is 1. The molecule has 0 aromatic heterocycles. The van der Waals surface area contributed by atoms with Crippen molar-refractivity contribution in [1.29, 1.82) is 5.26 Å². The average Bonchev–Trinajstić information content (AvgIpc) is 2.98. The van der Waals surface area contributed by atoms with Gasteiger partial charge in [-0.1, -0.05) is 32.0 Å². The number of benzene rings is 1. The van der Waals surface area contributed by atoms with Crippen LogP contribution in [0.2, 0.25) is 0 Å². The van der Waals surface area contributed by atoms with Gasteiger partial charge in [-0.05, 0) is 24.5 Å². The molecule has 0 atom stereocenters. The Morgan fingerprint density at radius 1 is 1.33 bits per heavy atom. The van der Waals surface area contributed by atoms with Gasteiger partial charge in [-0.2, -0.15) is 5.26 Å². The number of hydrogen-bond donors (Lipinski definition) is 1. The molecule has 0 bridgehead atoms. The van der Waals surface area contributed by atoms with Crippen LogP contribution in [-0.2, 0) is 5.41 Å². The molecule has 1 fully saturated rings. The lowest BCUT2D eigenvalue weighted by Gasteiger charge is -2.33. The van der Waals surface area contributed by atoms with Crippen molar-refractivity contribution in [2.45, 2.75) is 37.6 Å². The van der Waals surface area contributed by atoms with E-state index in [1.54, 1.807) is 0 Å². The van der Waals surface area contributed by atoms with E-state index in [1.807, 2.05) is 24.3 Å². The van der Waals surface area contributed by atoms with E-state index in [0.717, 1.165) is 24.0 Å². The maximum absolute atomic E-state index is 9.08. The Bertz CT molecular complexity index is 422. The molecule has 0 spiro atoms. The molecular weight excluding hydrogens is 184 g/mol. The molecule has 0 heterocycles. The second-order valence-corrected chi connectivity index (χ2v) is 4.94. The predicted octanol–water partition coefficient (Wildman–Crippen LogP) is 2.33. The fourth-order valence-electron chi connectivity index (χ4n) is 2.15. The molecule has 2 heteroatoms. The van der Waals surface area contributed by atoms with Crippen molar-refractivity contribution >= 4 is 0 Å². The van der Waals surface area contributed by atoms with Crippen molar-refractivity contribution in [3.05, 3.63) is 35.4 Å².